The molecule has 3 rings (SSSR count). The Morgan fingerprint density at radius 3 is 2.90 bits per heavy atom. The van der Waals surface area contributed by atoms with Crippen molar-refractivity contribution in [2.24, 2.45) is 0 Å². The normalized spacial score (nSPS) is 26.6. The van der Waals surface area contributed by atoms with Gasteiger partial charge in [0.05, 0.1) is 0 Å². The molecule has 20 heavy (non-hydrogen) atoms. The monoisotopic (exact) mass is 291 g/mol. The molecule has 1 N–H and O–H groups in total. The Morgan fingerprint density at radius 1 is 1.10 bits per heavy atom. The molecule has 2 atom stereocenters. The highest BCUT2D eigenvalue weighted by Gasteiger charge is 2.23. The summed E-state index contributed by atoms with van der Waals surface area (Å²) >= 11 is 2.02. The second kappa shape index (κ2) is 6.79. The van der Waals surface area contributed by atoms with E-state index in [1.54, 1.807) is 6.33 Å². The van der Waals surface area contributed by atoms with Crippen LogP contribution in [0.4, 0.5) is 5.82 Å². The first-order valence-electron chi connectivity index (χ1n) is 7.99. The van der Waals surface area contributed by atoms with Crippen LogP contribution in [0.15, 0.2) is 6.33 Å². The van der Waals surface area contributed by atoms with Gasteiger partial charge in [-0.15, -0.1) is 0 Å². The largest absolute Gasteiger partial charge is 0.367 e. The van der Waals surface area contributed by atoms with Crippen molar-refractivity contribution in [1.82, 2.24) is 9.97 Å². The fourth-order valence-corrected chi connectivity index (χ4v) is 4.33. The predicted octanol–water partition coefficient (Wildman–Crippen LogP) is 3.83. The first-order valence-corrected chi connectivity index (χ1v) is 9.27. The molecule has 4 heteroatoms. The maximum absolute atomic E-state index is 4.55. The number of nitrogens with one attached hydrogen (secondary N) is 1. The van der Waals surface area contributed by atoms with Gasteiger partial charge in [-0.3, -0.25) is 0 Å². The molecule has 1 heterocycles. The summed E-state index contributed by atoms with van der Waals surface area (Å²) in [6, 6.07) is 0.600. The van der Waals surface area contributed by atoms with Crippen LogP contribution in [0.25, 0.3) is 0 Å². The Labute approximate surface area is 126 Å². The summed E-state index contributed by atoms with van der Waals surface area (Å²) in [5, 5.41) is 4.56. The van der Waals surface area contributed by atoms with Crippen molar-refractivity contribution in [2.75, 3.05) is 11.6 Å². The number of aryl methyl sites for hydroxylation is 1. The van der Waals surface area contributed by atoms with E-state index in [4.69, 9.17) is 0 Å². The van der Waals surface area contributed by atoms with E-state index in [9.17, 15) is 0 Å². The molecule has 0 saturated heterocycles. The summed E-state index contributed by atoms with van der Waals surface area (Å²) in [7, 11) is 0. The maximum Gasteiger partial charge on any atom is 0.133 e. The topological polar surface area (TPSA) is 37.8 Å². The number of thioether (sulfide) groups is 1. The Bertz CT molecular complexity index is 449. The van der Waals surface area contributed by atoms with E-state index in [1.807, 2.05) is 11.8 Å². The summed E-state index contributed by atoms with van der Waals surface area (Å²) in [5.74, 6) is 1.13. The quantitative estimate of drug-likeness (QED) is 0.859. The van der Waals surface area contributed by atoms with E-state index >= 15 is 0 Å². The van der Waals surface area contributed by atoms with Gasteiger partial charge in [-0.25, -0.2) is 9.97 Å². The lowest BCUT2D eigenvalue weighted by Gasteiger charge is -2.29. The molecule has 0 aliphatic heterocycles. The molecule has 110 valence electrons. The summed E-state index contributed by atoms with van der Waals surface area (Å²) in [6.45, 7) is 0. The first kappa shape index (κ1) is 14.2. The highest BCUT2D eigenvalue weighted by Crippen LogP contribution is 2.30. The van der Waals surface area contributed by atoms with Crippen molar-refractivity contribution in [2.45, 2.75) is 69.1 Å². The second-order valence-electron chi connectivity index (χ2n) is 6.07. The van der Waals surface area contributed by atoms with Crippen molar-refractivity contribution in [3.63, 3.8) is 0 Å². The molecular weight excluding hydrogens is 266 g/mol. The molecule has 2 unspecified atom stereocenters. The van der Waals surface area contributed by atoms with Gasteiger partial charge in [-0.05, 0) is 51.2 Å². The molecule has 0 spiro atoms. The van der Waals surface area contributed by atoms with Crippen LogP contribution in [0, 0.1) is 0 Å². The fourth-order valence-electron chi connectivity index (χ4n) is 3.51. The Hall–Kier alpha value is -0.770. The number of nitrogens with zero attached hydrogens (tertiary/aromatic N) is 2. The summed E-state index contributed by atoms with van der Waals surface area (Å²) in [4.78, 5) is 9.06. The van der Waals surface area contributed by atoms with Gasteiger partial charge in [0.1, 0.15) is 12.1 Å². The molecule has 0 amide bonds. The lowest BCUT2D eigenvalue weighted by atomic mass is 9.94. The number of hydrogen-bond donors (Lipinski definition) is 1. The highest BCUT2D eigenvalue weighted by molar-refractivity contribution is 7.99. The minimum Gasteiger partial charge on any atom is -0.367 e. The summed E-state index contributed by atoms with van der Waals surface area (Å²) in [6.07, 6.45) is 15.4. The fraction of sp³-hybridized carbons (Fsp3) is 0.750. The Balaban J connectivity index is 1.74. The smallest absolute Gasteiger partial charge is 0.133 e. The standard InChI is InChI=1S/C16H25N3S/c1-20-13-7-5-6-12(10-13)19-16-14-8-3-2-4-9-15(14)17-11-18-16/h11-13H,2-10H2,1H3,(H,17,18,19). The molecule has 1 fully saturated rings. The van der Waals surface area contributed by atoms with Gasteiger partial charge in [0.15, 0.2) is 0 Å². The third-order valence-electron chi connectivity index (χ3n) is 4.68. The number of hydrogen-bond acceptors (Lipinski definition) is 4. The first-order chi connectivity index (χ1) is 9.86. The predicted molar refractivity (Wildman–Crippen MR) is 86.5 cm³/mol. The molecule has 1 aromatic heterocycles. The molecule has 0 aromatic carbocycles. The van der Waals surface area contributed by atoms with Crippen molar-refractivity contribution in [1.29, 1.82) is 0 Å². The zero-order valence-corrected chi connectivity index (χ0v) is 13.2. The van der Waals surface area contributed by atoms with Crippen LogP contribution in [0.1, 0.15) is 56.2 Å². The van der Waals surface area contributed by atoms with Crippen LogP contribution in [-0.4, -0.2) is 27.5 Å². The van der Waals surface area contributed by atoms with Crippen LogP contribution in [-0.2, 0) is 12.8 Å². The van der Waals surface area contributed by atoms with Crippen LogP contribution in [0.5, 0.6) is 0 Å². The van der Waals surface area contributed by atoms with Gasteiger partial charge in [-0.2, -0.15) is 11.8 Å². The summed E-state index contributed by atoms with van der Waals surface area (Å²) < 4.78 is 0. The van der Waals surface area contributed by atoms with E-state index in [0.717, 1.165) is 23.9 Å². The highest BCUT2D eigenvalue weighted by atomic mass is 32.2. The molecule has 0 radical (unpaired) electrons. The Kier molecular flexibility index (Phi) is 4.81. The average molecular weight is 291 g/mol. The van der Waals surface area contributed by atoms with Gasteiger partial charge in [0.2, 0.25) is 0 Å². The van der Waals surface area contributed by atoms with Gasteiger partial charge in [0, 0.05) is 22.5 Å². The number of fused-ring (bicyclic) bond motifs is 1. The van der Waals surface area contributed by atoms with Crippen LogP contribution in [0.3, 0.4) is 0 Å². The van der Waals surface area contributed by atoms with Crippen molar-refractivity contribution in [3.05, 3.63) is 17.6 Å². The lowest BCUT2D eigenvalue weighted by Crippen LogP contribution is -2.29. The minimum atomic E-state index is 0.600. The lowest BCUT2D eigenvalue weighted by molar-refractivity contribution is 0.472. The van der Waals surface area contributed by atoms with Crippen molar-refractivity contribution in [3.8, 4) is 0 Å². The van der Waals surface area contributed by atoms with Crippen LogP contribution >= 0.6 is 11.8 Å². The number of aromatic nitrogens is 2. The Morgan fingerprint density at radius 2 is 2.00 bits per heavy atom. The molecule has 2 aliphatic carbocycles. The number of anilines is 1. The van der Waals surface area contributed by atoms with Crippen LogP contribution < -0.4 is 5.32 Å². The molecule has 1 saturated carbocycles. The minimum absolute atomic E-state index is 0.600. The van der Waals surface area contributed by atoms with E-state index in [0.29, 0.717) is 6.04 Å². The third-order valence-corrected chi connectivity index (χ3v) is 5.77. The van der Waals surface area contributed by atoms with E-state index in [2.05, 4.69) is 21.5 Å². The molecule has 2 aliphatic rings. The van der Waals surface area contributed by atoms with E-state index in [-0.39, 0.29) is 0 Å². The number of rotatable bonds is 3. The van der Waals surface area contributed by atoms with E-state index in [1.165, 1.54) is 56.2 Å². The SMILES string of the molecule is CSC1CCCC(Nc2ncnc3c2CCCCC3)C1. The average Bonchev–Trinajstić information content (AvgIpc) is 2.73. The molecule has 0 bridgehead atoms. The van der Waals surface area contributed by atoms with E-state index < -0.39 is 0 Å². The molecule has 3 nitrogen and oxygen atoms in total. The molecule has 1 aromatic rings. The maximum atomic E-state index is 4.55. The second-order valence-corrected chi connectivity index (χ2v) is 7.21. The molecular formula is C16H25N3S. The van der Waals surface area contributed by atoms with Gasteiger partial charge < -0.3 is 5.32 Å². The van der Waals surface area contributed by atoms with Crippen LogP contribution in [0.2, 0.25) is 0 Å². The van der Waals surface area contributed by atoms with Crippen molar-refractivity contribution >= 4 is 17.6 Å². The van der Waals surface area contributed by atoms with Gasteiger partial charge >= 0.3 is 0 Å². The third kappa shape index (κ3) is 3.27. The zero-order valence-electron chi connectivity index (χ0n) is 12.4. The zero-order chi connectivity index (χ0) is 13.8. The van der Waals surface area contributed by atoms with Crippen molar-refractivity contribution < 1.29 is 0 Å². The van der Waals surface area contributed by atoms with Gasteiger partial charge in [-0.1, -0.05) is 12.8 Å². The van der Waals surface area contributed by atoms with Gasteiger partial charge in [0.25, 0.3) is 0 Å². The summed E-state index contributed by atoms with van der Waals surface area (Å²) in [5.41, 5.74) is 2.69.